The Balaban J connectivity index is 1.46. The van der Waals surface area contributed by atoms with Crippen molar-refractivity contribution < 1.29 is 14.0 Å². The Bertz CT molecular complexity index is 981. The summed E-state index contributed by atoms with van der Waals surface area (Å²) in [6.07, 6.45) is 2.67. The molecular formula is C21H21N3O3S2. The van der Waals surface area contributed by atoms with Crippen molar-refractivity contribution in [1.29, 1.82) is 0 Å². The monoisotopic (exact) mass is 427 g/mol. The minimum Gasteiger partial charge on any atom is -0.457 e. The van der Waals surface area contributed by atoms with Crippen molar-refractivity contribution in [1.82, 2.24) is 15.1 Å². The molecule has 0 atom stereocenters. The summed E-state index contributed by atoms with van der Waals surface area (Å²) in [5, 5.41) is 2.58. The second-order valence-electron chi connectivity index (χ2n) is 7.08. The molecule has 2 fully saturated rings. The zero-order valence-electron chi connectivity index (χ0n) is 16.0. The molecule has 2 amide bonds. The summed E-state index contributed by atoms with van der Waals surface area (Å²) >= 11 is 6.21. The third-order valence-corrected chi connectivity index (χ3v) is 6.13. The minimum absolute atomic E-state index is 0.0666. The molecular weight excluding hydrogens is 406 g/mol. The highest BCUT2D eigenvalue weighted by Gasteiger charge is 2.23. The van der Waals surface area contributed by atoms with Crippen molar-refractivity contribution in [3.05, 3.63) is 52.6 Å². The molecule has 1 aromatic carbocycles. The van der Waals surface area contributed by atoms with Crippen LogP contribution >= 0.6 is 24.0 Å². The van der Waals surface area contributed by atoms with Gasteiger partial charge in [0, 0.05) is 36.8 Å². The number of nitrogens with one attached hydrogen (secondary N) is 1. The van der Waals surface area contributed by atoms with E-state index in [4.69, 9.17) is 16.6 Å². The average molecular weight is 428 g/mol. The maximum Gasteiger partial charge on any atom is 0.263 e. The highest BCUT2D eigenvalue weighted by Crippen LogP contribution is 2.29. The Hall–Kier alpha value is -2.42. The third-order valence-electron chi connectivity index (χ3n) is 4.97. The first-order valence-electron chi connectivity index (χ1n) is 9.42. The van der Waals surface area contributed by atoms with Crippen LogP contribution in [-0.2, 0) is 4.79 Å². The lowest BCUT2D eigenvalue weighted by atomic mass is 10.1. The Kier molecular flexibility index (Phi) is 5.84. The molecule has 1 N–H and O–H groups in total. The number of amides is 2. The van der Waals surface area contributed by atoms with E-state index in [2.05, 4.69) is 17.3 Å². The molecule has 8 heteroatoms. The van der Waals surface area contributed by atoms with Crippen LogP contribution in [0.5, 0.6) is 0 Å². The number of hydrogen-bond donors (Lipinski definition) is 1. The third kappa shape index (κ3) is 4.60. The number of benzene rings is 1. The molecule has 0 unspecified atom stereocenters. The van der Waals surface area contributed by atoms with E-state index in [1.807, 2.05) is 41.3 Å². The molecule has 0 radical (unpaired) electrons. The van der Waals surface area contributed by atoms with Crippen molar-refractivity contribution in [3.63, 3.8) is 0 Å². The van der Waals surface area contributed by atoms with Gasteiger partial charge in [0.25, 0.3) is 11.8 Å². The highest BCUT2D eigenvalue weighted by molar-refractivity contribution is 8.26. The van der Waals surface area contributed by atoms with Crippen LogP contribution < -0.4 is 5.32 Å². The SMILES string of the molecule is CN1CCCN(C(=O)c2ccc(-c3ccc(/C=C4\SC(=S)NC4=O)o3)cc2)CC1. The van der Waals surface area contributed by atoms with Gasteiger partial charge in [-0.2, -0.15) is 0 Å². The van der Waals surface area contributed by atoms with Crippen molar-refractivity contribution in [3.8, 4) is 11.3 Å². The van der Waals surface area contributed by atoms with Crippen LogP contribution in [0.15, 0.2) is 45.7 Å². The number of thioether (sulfide) groups is 1. The molecule has 2 aliphatic rings. The number of carbonyl (C=O) groups is 2. The van der Waals surface area contributed by atoms with Crippen LogP contribution in [-0.4, -0.2) is 59.2 Å². The zero-order chi connectivity index (χ0) is 20.4. The van der Waals surface area contributed by atoms with Gasteiger partial charge < -0.3 is 19.5 Å². The van der Waals surface area contributed by atoms with Crippen molar-refractivity contribution in [2.45, 2.75) is 6.42 Å². The summed E-state index contributed by atoms with van der Waals surface area (Å²) in [4.78, 5) is 29.2. The van der Waals surface area contributed by atoms with Crippen LogP contribution in [0, 0.1) is 0 Å². The van der Waals surface area contributed by atoms with Gasteiger partial charge >= 0.3 is 0 Å². The number of furan rings is 1. The molecule has 2 aliphatic heterocycles. The average Bonchev–Trinajstić information content (AvgIpc) is 3.23. The lowest BCUT2D eigenvalue weighted by Crippen LogP contribution is -2.34. The molecule has 0 saturated carbocycles. The van der Waals surface area contributed by atoms with Crippen LogP contribution in [0.1, 0.15) is 22.5 Å². The fourth-order valence-corrected chi connectivity index (χ4v) is 4.37. The van der Waals surface area contributed by atoms with Gasteiger partial charge in [0.1, 0.15) is 15.8 Å². The van der Waals surface area contributed by atoms with E-state index < -0.39 is 0 Å². The van der Waals surface area contributed by atoms with E-state index in [9.17, 15) is 9.59 Å². The van der Waals surface area contributed by atoms with Crippen LogP contribution in [0.2, 0.25) is 0 Å². The first kappa shape index (κ1) is 19.9. The Labute approximate surface area is 178 Å². The second kappa shape index (κ2) is 8.52. The lowest BCUT2D eigenvalue weighted by molar-refractivity contribution is -0.115. The van der Waals surface area contributed by atoms with Crippen molar-refractivity contribution in [2.24, 2.45) is 0 Å². The highest BCUT2D eigenvalue weighted by atomic mass is 32.2. The van der Waals surface area contributed by atoms with Gasteiger partial charge in [-0.25, -0.2) is 0 Å². The summed E-state index contributed by atoms with van der Waals surface area (Å²) < 4.78 is 6.29. The van der Waals surface area contributed by atoms with Crippen LogP contribution in [0.25, 0.3) is 17.4 Å². The van der Waals surface area contributed by atoms with Crippen molar-refractivity contribution in [2.75, 3.05) is 33.2 Å². The molecule has 29 heavy (non-hydrogen) atoms. The van der Waals surface area contributed by atoms with E-state index >= 15 is 0 Å². The van der Waals surface area contributed by atoms with E-state index in [1.165, 1.54) is 11.8 Å². The van der Waals surface area contributed by atoms with E-state index in [-0.39, 0.29) is 11.8 Å². The van der Waals surface area contributed by atoms with Crippen LogP contribution in [0.3, 0.4) is 0 Å². The Morgan fingerprint density at radius 1 is 1.14 bits per heavy atom. The topological polar surface area (TPSA) is 65.8 Å². The number of carbonyl (C=O) groups excluding carboxylic acids is 2. The molecule has 2 saturated heterocycles. The van der Waals surface area contributed by atoms with Gasteiger partial charge in [0.05, 0.1) is 4.91 Å². The quantitative estimate of drug-likeness (QED) is 0.599. The van der Waals surface area contributed by atoms with Gasteiger partial charge in [-0.1, -0.05) is 36.1 Å². The van der Waals surface area contributed by atoms with E-state index in [0.717, 1.165) is 38.2 Å². The summed E-state index contributed by atoms with van der Waals surface area (Å²) in [5.41, 5.74) is 1.56. The maximum atomic E-state index is 12.8. The van der Waals surface area contributed by atoms with Gasteiger partial charge in [-0.15, -0.1) is 0 Å². The molecule has 150 valence electrons. The number of likely N-dealkylation sites (N-methyl/N-ethyl adjacent to an activating group) is 1. The molecule has 6 nitrogen and oxygen atoms in total. The number of thiocarbonyl (C=S) groups is 1. The molecule has 3 heterocycles. The molecule has 0 bridgehead atoms. The van der Waals surface area contributed by atoms with Gasteiger partial charge in [-0.05, 0) is 44.3 Å². The molecule has 4 rings (SSSR count). The number of rotatable bonds is 3. The maximum absolute atomic E-state index is 12.8. The summed E-state index contributed by atoms with van der Waals surface area (Å²) in [6, 6.07) is 11.1. The second-order valence-corrected chi connectivity index (χ2v) is 8.80. The summed E-state index contributed by atoms with van der Waals surface area (Å²) in [6.45, 7) is 3.46. The normalized spacial score (nSPS) is 19.5. The molecule has 0 aliphatic carbocycles. The summed E-state index contributed by atoms with van der Waals surface area (Å²) in [5.74, 6) is 1.12. The number of nitrogens with zero attached hydrogens (tertiary/aromatic N) is 2. The Morgan fingerprint density at radius 2 is 1.93 bits per heavy atom. The van der Waals surface area contributed by atoms with Gasteiger partial charge in [-0.3, -0.25) is 9.59 Å². The molecule has 2 aromatic rings. The fraction of sp³-hybridized carbons (Fsp3) is 0.286. The first-order valence-corrected chi connectivity index (χ1v) is 10.6. The number of hydrogen-bond acceptors (Lipinski definition) is 6. The summed E-state index contributed by atoms with van der Waals surface area (Å²) in [7, 11) is 2.09. The predicted molar refractivity (Wildman–Crippen MR) is 118 cm³/mol. The predicted octanol–water partition coefficient (Wildman–Crippen LogP) is 3.21. The fourth-order valence-electron chi connectivity index (χ4n) is 3.35. The van der Waals surface area contributed by atoms with E-state index in [0.29, 0.717) is 26.3 Å². The largest absolute Gasteiger partial charge is 0.457 e. The van der Waals surface area contributed by atoms with Gasteiger partial charge in [0.2, 0.25) is 0 Å². The first-order chi connectivity index (χ1) is 14.0. The zero-order valence-corrected chi connectivity index (χ0v) is 17.6. The van der Waals surface area contributed by atoms with Gasteiger partial charge in [0.15, 0.2) is 0 Å². The minimum atomic E-state index is -0.208. The van der Waals surface area contributed by atoms with Crippen LogP contribution in [0.4, 0.5) is 0 Å². The standard InChI is InChI=1S/C21H21N3O3S2/c1-23-9-2-10-24(12-11-23)20(26)15-5-3-14(4-6-15)17-8-7-16(27-17)13-18-19(25)22-21(28)29-18/h3-8,13H,2,9-12H2,1H3,(H,22,25,28)/b18-13-. The van der Waals surface area contributed by atoms with Crippen molar-refractivity contribution >= 4 is 46.2 Å². The van der Waals surface area contributed by atoms with E-state index in [1.54, 1.807) is 6.08 Å². The molecule has 0 spiro atoms. The lowest BCUT2D eigenvalue weighted by Gasteiger charge is -2.20. The smallest absolute Gasteiger partial charge is 0.263 e. The molecule has 1 aromatic heterocycles. The Morgan fingerprint density at radius 3 is 2.66 bits per heavy atom.